The van der Waals surface area contributed by atoms with Crippen molar-refractivity contribution in [1.29, 1.82) is 0 Å². The minimum absolute atomic E-state index is 0.0178. The second kappa shape index (κ2) is 10.7. The lowest BCUT2D eigenvalue weighted by Crippen LogP contribution is -2.43. The molecule has 0 aromatic heterocycles. The van der Waals surface area contributed by atoms with Crippen LogP contribution in [0.1, 0.15) is 48.8 Å². The number of hydrogen-bond acceptors (Lipinski definition) is 4. The van der Waals surface area contributed by atoms with E-state index in [1.165, 1.54) is 24.9 Å². The Morgan fingerprint density at radius 1 is 0.939 bits per heavy atom. The van der Waals surface area contributed by atoms with E-state index in [1.54, 1.807) is 4.31 Å². The van der Waals surface area contributed by atoms with Crippen LogP contribution in [0.15, 0.2) is 48.5 Å². The largest absolute Gasteiger partial charge is 0.372 e. The van der Waals surface area contributed by atoms with Crippen LogP contribution in [0.4, 0.5) is 5.69 Å². The molecule has 2 saturated heterocycles. The van der Waals surface area contributed by atoms with Crippen molar-refractivity contribution < 1.29 is 13.2 Å². The molecule has 0 aliphatic carbocycles. The third-order valence-corrected chi connectivity index (χ3v) is 8.77. The summed E-state index contributed by atoms with van der Waals surface area (Å²) in [6, 6.07) is 16.0. The van der Waals surface area contributed by atoms with Gasteiger partial charge in [-0.05, 0) is 67.9 Å². The first-order valence-corrected chi connectivity index (χ1v) is 13.7. The van der Waals surface area contributed by atoms with Crippen LogP contribution in [0, 0.1) is 12.8 Å². The second-order valence-corrected chi connectivity index (χ2v) is 11.3. The second-order valence-electron chi connectivity index (χ2n) is 9.29. The standard InChI is InChI=1S/C26H35N3O3S/c1-21-7-3-4-8-24(21)20-33(31,32)29-17-13-23(14-18-29)26(30)27-19-22-9-11-25(12-10-22)28-15-5-2-6-16-28/h3-4,7-12,23H,2,5-6,13-20H2,1H3,(H,27,30). The number of amides is 1. The van der Waals surface area contributed by atoms with E-state index in [2.05, 4.69) is 34.5 Å². The summed E-state index contributed by atoms with van der Waals surface area (Å²) in [5, 5.41) is 3.05. The summed E-state index contributed by atoms with van der Waals surface area (Å²) >= 11 is 0. The first-order chi connectivity index (χ1) is 15.9. The van der Waals surface area contributed by atoms with Crippen molar-refractivity contribution in [3.05, 3.63) is 65.2 Å². The summed E-state index contributed by atoms with van der Waals surface area (Å²) in [5.74, 6) is -0.0992. The molecule has 2 aromatic rings. The highest BCUT2D eigenvalue weighted by molar-refractivity contribution is 7.88. The molecule has 2 aliphatic heterocycles. The topological polar surface area (TPSA) is 69.7 Å². The molecular formula is C26H35N3O3S. The number of nitrogens with one attached hydrogen (secondary N) is 1. The Morgan fingerprint density at radius 2 is 1.61 bits per heavy atom. The zero-order valence-electron chi connectivity index (χ0n) is 19.5. The molecule has 2 fully saturated rings. The number of hydrogen-bond donors (Lipinski definition) is 1. The lowest BCUT2D eigenvalue weighted by Gasteiger charge is -2.30. The average Bonchev–Trinajstić information content (AvgIpc) is 2.85. The van der Waals surface area contributed by atoms with Gasteiger partial charge in [0.15, 0.2) is 0 Å². The molecule has 0 bridgehead atoms. The van der Waals surface area contributed by atoms with Gasteiger partial charge in [-0.15, -0.1) is 0 Å². The van der Waals surface area contributed by atoms with Crippen molar-refractivity contribution >= 4 is 21.6 Å². The SMILES string of the molecule is Cc1ccccc1CS(=O)(=O)N1CCC(C(=O)NCc2ccc(N3CCCCC3)cc2)CC1. The molecule has 7 heteroatoms. The predicted octanol–water partition coefficient (Wildman–Crippen LogP) is 3.84. The summed E-state index contributed by atoms with van der Waals surface area (Å²) in [5.41, 5.74) is 4.16. The van der Waals surface area contributed by atoms with Crippen LogP contribution in [0.3, 0.4) is 0 Å². The first kappa shape index (κ1) is 23.8. The van der Waals surface area contributed by atoms with E-state index in [0.29, 0.717) is 32.5 Å². The fourth-order valence-corrected chi connectivity index (χ4v) is 6.43. The summed E-state index contributed by atoms with van der Waals surface area (Å²) in [4.78, 5) is 15.1. The van der Waals surface area contributed by atoms with E-state index in [0.717, 1.165) is 29.8 Å². The highest BCUT2D eigenvalue weighted by Gasteiger charge is 2.31. The fourth-order valence-electron chi connectivity index (χ4n) is 4.77. The van der Waals surface area contributed by atoms with Gasteiger partial charge in [0.1, 0.15) is 0 Å². The van der Waals surface area contributed by atoms with E-state index in [4.69, 9.17) is 0 Å². The Labute approximate surface area is 198 Å². The van der Waals surface area contributed by atoms with Gasteiger partial charge in [-0.2, -0.15) is 0 Å². The maximum absolute atomic E-state index is 12.9. The molecule has 0 spiro atoms. The highest BCUT2D eigenvalue weighted by Crippen LogP contribution is 2.23. The average molecular weight is 470 g/mol. The van der Waals surface area contributed by atoms with Crippen LogP contribution in [0.5, 0.6) is 0 Å². The van der Waals surface area contributed by atoms with Gasteiger partial charge in [0, 0.05) is 44.3 Å². The van der Waals surface area contributed by atoms with Crippen molar-refractivity contribution in [3.8, 4) is 0 Å². The van der Waals surface area contributed by atoms with Gasteiger partial charge in [0.2, 0.25) is 15.9 Å². The van der Waals surface area contributed by atoms with Crippen molar-refractivity contribution in [2.24, 2.45) is 5.92 Å². The number of carbonyl (C=O) groups is 1. The van der Waals surface area contributed by atoms with Crippen molar-refractivity contribution in [1.82, 2.24) is 9.62 Å². The molecule has 4 rings (SSSR count). The fraction of sp³-hybridized carbons (Fsp3) is 0.500. The number of rotatable bonds is 7. The van der Waals surface area contributed by atoms with Gasteiger partial charge in [0.25, 0.3) is 0 Å². The lowest BCUT2D eigenvalue weighted by atomic mass is 9.97. The van der Waals surface area contributed by atoms with Gasteiger partial charge in [-0.25, -0.2) is 12.7 Å². The molecule has 2 aliphatic rings. The van der Waals surface area contributed by atoms with Crippen LogP contribution in [0.25, 0.3) is 0 Å². The van der Waals surface area contributed by atoms with Gasteiger partial charge in [-0.3, -0.25) is 4.79 Å². The summed E-state index contributed by atoms with van der Waals surface area (Å²) in [6.45, 7) is 5.48. The monoisotopic (exact) mass is 469 g/mol. The number of nitrogens with zero attached hydrogens (tertiary/aromatic N) is 2. The quantitative estimate of drug-likeness (QED) is 0.669. The summed E-state index contributed by atoms with van der Waals surface area (Å²) in [7, 11) is -3.38. The van der Waals surface area contributed by atoms with Crippen LogP contribution in [-0.2, 0) is 27.1 Å². The van der Waals surface area contributed by atoms with Crippen molar-refractivity contribution in [3.63, 3.8) is 0 Å². The predicted molar refractivity (Wildman–Crippen MR) is 132 cm³/mol. The number of aryl methyl sites for hydroxylation is 1. The summed E-state index contributed by atoms with van der Waals surface area (Å²) in [6.07, 6.45) is 4.95. The Bertz CT molecular complexity index is 1040. The van der Waals surface area contributed by atoms with E-state index in [-0.39, 0.29) is 17.6 Å². The zero-order chi connectivity index (χ0) is 23.3. The lowest BCUT2D eigenvalue weighted by molar-refractivity contribution is -0.126. The third kappa shape index (κ3) is 6.15. The minimum Gasteiger partial charge on any atom is -0.372 e. The van der Waals surface area contributed by atoms with E-state index in [1.807, 2.05) is 31.2 Å². The molecule has 6 nitrogen and oxygen atoms in total. The molecule has 0 unspecified atom stereocenters. The van der Waals surface area contributed by atoms with Crippen molar-refractivity contribution in [2.75, 3.05) is 31.1 Å². The van der Waals surface area contributed by atoms with Gasteiger partial charge in [-0.1, -0.05) is 36.4 Å². The van der Waals surface area contributed by atoms with E-state index in [9.17, 15) is 13.2 Å². The molecule has 2 aromatic carbocycles. The molecule has 0 saturated carbocycles. The Balaban J connectivity index is 1.24. The number of piperidine rings is 2. The first-order valence-electron chi connectivity index (χ1n) is 12.1. The highest BCUT2D eigenvalue weighted by atomic mass is 32.2. The molecule has 178 valence electrons. The normalized spacial score (nSPS) is 18.3. The van der Waals surface area contributed by atoms with Crippen LogP contribution in [0.2, 0.25) is 0 Å². The van der Waals surface area contributed by atoms with Gasteiger partial charge >= 0.3 is 0 Å². The molecule has 2 heterocycles. The number of anilines is 1. The van der Waals surface area contributed by atoms with E-state index >= 15 is 0 Å². The number of benzene rings is 2. The smallest absolute Gasteiger partial charge is 0.223 e. The Morgan fingerprint density at radius 3 is 2.27 bits per heavy atom. The number of sulfonamides is 1. The van der Waals surface area contributed by atoms with Crippen LogP contribution in [-0.4, -0.2) is 44.8 Å². The molecule has 0 radical (unpaired) electrons. The molecule has 0 atom stereocenters. The van der Waals surface area contributed by atoms with Gasteiger partial charge in [0.05, 0.1) is 5.75 Å². The zero-order valence-corrected chi connectivity index (χ0v) is 20.3. The maximum Gasteiger partial charge on any atom is 0.223 e. The van der Waals surface area contributed by atoms with Crippen LogP contribution >= 0.6 is 0 Å². The maximum atomic E-state index is 12.9. The molecule has 1 N–H and O–H groups in total. The van der Waals surface area contributed by atoms with Crippen molar-refractivity contribution in [2.45, 2.75) is 51.3 Å². The Kier molecular flexibility index (Phi) is 7.71. The van der Waals surface area contributed by atoms with Crippen LogP contribution < -0.4 is 10.2 Å². The van der Waals surface area contributed by atoms with E-state index < -0.39 is 10.0 Å². The molecule has 33 heavy (non-hydrogen) atoms. The molecule has 1 amide bonds. The minimum atomic E-state index is -3.38. The summed E-state index contributed by atoms with van der Waals surface area (Å²) < 4.78 is 27.3. The third-order valence-electron chi connectivity index (χ3n) is 6.94. The van der Waals surface area contributed by atoms with Gasteiger partial charge < -0.3 is 10.2 Å². The molecular weight excluding hydrogens is 434 g/mol. The Hall–Kier alpha value is -2.38. The number of carbonyl (C=O) groups excluding carboxylic acids is 1.